The maximum atomic E-state index is 3.31. The van der Waals surface area contributed by atoms with Crippen molar-refractivity contribution >= 4 is 5.82 Å². The number of anilines is 1. The lowest BCUT2D eigenvalue weighted by molar-refractivity contribution is 0.259. The molecule has 0 bridgehead atoms. The van der Waals surface area contributed by atoms with Crippen molar-refractivity contribution in [3.8, 4) is 0 Å². The van der Waals surface area contributed by atoms with Crippen molar-refractivity contribution in [2.45, 2.75) is 33.1 Å². The van der Waals surface area contributed by atoms with Crippen molar-refractivity contribution in [2.75, 3.05) is 37.6 Å². The molecule has 0 unspecified atom stereocenters. The summed E-state index contributed by atoms with van der Waals surface area (Å²) in [6, 6.07) is 4.26. The van der Waals surface area contributed by atoms with E-state index < -0.39 is 0 Å². The second-order valence-electron chi connectivity index (χ2n) is 5.30. The van der Waals surface area contributed by atoms with E-state index >= 15 is 0 Å². The highest BCUT2D eigenvalue weighted by Gasteiger charge is 2.19. The summed E-state index contributed by atoms with van der Waals surface area (Å²) in [4.78, 5) is 8.33. The number of H-pyrrole nitrogens is 1. The molecule has 0 aliphatic carbocycles. The molecule has 2 heterocycles. The molecule has 1 fully saturated rings. The molecule has 3 nitrogen and oxygen atoms in total. The molecule has 0 atom stereocenters. The average molecular weight is 249 g/mol. The lowest BCUT2D eigenvalue weighted by atomic mass is 9.93. The zero-order valence-electron chi connectivity index (χ0n) is 11.9. The first-order valence-electron chi connectivity index (χ1n) is 7.44. The van der Waals surface area contributed by atoms with Gasteiger partial charge < -0.3 is 14.8 Å². The van der Waals surface area contributed by atoms with Gasteiger partial charge in [0.15, 0.2) is 0 Å². The maximum Gasteiger partial charge on any atom is 0.105 e. The van der Waals surface area contributed by atoms with Gasteiger partial charge in [0.2, 0.25) is 0 Å². The number of rotatable bonds is 6. The van der Waals surface area contributed by atoms with Crippen molar-refractivity contribution in [2.24, 2.45) is 5.92 Å². The fourth-order valence-corrected chi connectivity index (χ4v) is 2.89. The minimum atomic E-state index is 0.928. The molecule has 3 heteroatoms. The second-order valence-corrected chi connectivity index (χ2v) is 5.30. The fraction of sp³-hybridized carbons (Fsp3) is 0.733. The van der Waals surface area contributed by atoms with E-state index in [0.29, 0.717) is 0 Å². The maximum absolute atomic E-state index is 3.31. The highest BCUT2D eigenvalue weighted by molar-refractivity contribution is 5.38. The van der Waals surface area contributed by atoms with Crippen LogP contribution in [0.3, 0.4) is 0 Å². The smallest absolute Gasteiger partial charge is 0.105 e. The van der Waals surface area contributed by atoms with E-state index in [1.807, 2.05) is 6.20 Å². The summed E-state index contributed by atoms with van der Waals surface area (Å²) in [6.45, 7) is 10.6. The molecular weight excluding hydrogens is 222 g/mol. The van der Waals surface area contributed by atoms with Crippen LogP contribution in [0.4, 0.5) is 5.82 Å². The number of nitrogens with one attached hydrogen (secondary N) is 1. The van der Waals surface area contributed by atoms with Crippen LogP contribution in [0.2, 0.25) is 0 Å². The van der Waals surface area contributed by atoms with E-state index in [0.717, 1.165) is 5.92 Å². The van der Waals surface area contributed by atoms with Crippen LogP contribution in [-0.4, -0.2) is 42.6 Å². The molecule has 102 valence electrons. The van der Waals surface area contributed by atoms with Crippen molar-refractivity contribution < 1.29 is 0 Å². The van der Waals surface area contributed by atoms with Gasteiger partial charge in [-0.05, 0) is 56.9 Å². The van der Waals surface area contributed by atoms with Gasteiger partial charge in [-0.2, -0.15) is 0 Å². The first-order valence-corrected chi connectivity index (χ1v) is 7.44. The van der Waals surface area contributed by atoms with Gasteiger partial charge in [-0.15, -0.1) is 0 Å². The lowest BCUT2D eigenvalue weighted by Crippen LogP contribution is -2.35. The third-order valence-electron chi connectivity index (χ3n) is 4.28. The van der Waals surface area contributed by atoms with Gasteiger partial charge in [0.1, 0.15) is 5.82 Å². The van der Waals surface area contributed by atoms with Crippen molar-refractivity contribution in [1.82, 2.24) is 9.88 Å². The molecule has 0 amide bonds. The highest BCUT2D eigenvalue weighted by atomic mass is 15.2. The van der Waals surface area contributed by atoms with Crippen LogP contribution in [0, 0.1) is 5.92 Å². The van der Waals surface area contributed by atoms with E-state index in [1.54, 1.807) is 0 Å². The van der Waals surface area contributed by atoms with Crippen LogP contribution in [-0.2, 0) is 0 Å². The number of hydrogen-bond donors (Lipinski definition) is 1. The zero-order valence-corrected chi connectivity index (χ0v) is 11.9. The Morgan fingerprint density at radius 3 is 2.56 bits per heavy atom. The summed E-state index contributed by atoms with van der Waals surface area (Å²) in [6.07, 6.45) is 6.09. The number of nitrogens with zero attached hydrogens (tertiary/aromatic N) is 2. The fourth-order valence-electron chi connectivity index (χ4n) is 2.89. The van der Waals surface area contributed by atoms with Crippen molar-refractivity contribution in [1.29, 1.82) is 0 Å². The Morgan fingerprint density at radius 1 is 1.28 bits per heavy atom. The van der Waals surface area contributed by atoms with Crippen LogP contribution in [0.1, 0.15) is 33.1 Å². The Bertz CT molecular complexity index is 308. The third-order valence-corrected chi connectivity index (χ3v) is 4.28. The molecule has 1 N–H and O–H groups in total. The van der Waals surface area contributed by atoms with Gasteiger partial charge in [0.25, 0.3) is 0 Å². The highest BCUT2D eigenvalue weighted by Crippen LogP contribution is 2.24. The van der Waals surface area contributed by atoms with Crippen LogP contribution < -0.4 is 4.90 Å². The van der Waals surface area contributed by atoms with Gasteiger partial charge in [0.05, 0.1) is 0 Å². The molecule has 1 aliphatic heterocycles. The third kappa shape index (κ3) is 3.52. The first-order chi connectivity index (χ1) is 8.83. The van der Waals surface area contributed by atoms with Crippen LogP contribution in [0.15, 0.2) is 18.3 Å². The van der Waals surface area contributed by atoms with Crippen LogP contribution in [0.5, 0.6) is 0 Å². The summed E-state index contributed by atoms with van der Waals surface area (Å²) in [5, 5.41) is 0. The summed E-state index contributed by atoms with van der Waals surface area (Å²) < 4.78 is 0. The average Bonchev–Trinajstić information content (AvgIpc) is 2.94. The van der Waals surface area contributed by atoms with Crippen molar-refractivity contribution in [3.05, 3.63) is 18.3 Å². The molecule has 0 aromatic carbocycles. The summed E-state index contributed by atoms with van der Waals surface area (Å²) in [5.74, 6) is 2.22. The Morgan fingerprint density at radius 2 is 2.00 bits per heavy atom. The van der Waals surface area contributed by atoms with Crippen molar-refractivity contribution in [3.63, 3.8) is 0 Å². The Kier molecular flexibility index (Phi) is 5.12. The van der Waals surface area contributed by atoms with E-state index in [-0.39, 0.29) is 0 Å². The SMILES string of the molecule is CCN(CC)CCC1CCN(c2ccc[nH]2)CC1. The predicted octanol–water partition coefficient (Wildman–Crippen LogP) is 2.96. The molecule has 0 spiro atoms. The van der Waals surface area contributed by atoms with Gasteiger partial charge in [0, 0.05) is 19.3 Å². The largest absolute Gasteiger partial charge is 0.358 e. The summed E-state index contributed by atoms with van der Waals surface area (Å²) >= 11 is 0. The van der Waals surface area contributed by atoms with Gasteiger partial charge in [-0.25, -0.2) is 0 Å². The quantitative estimate of drug-likeness (QED) is 0.837. The predicted molar refractivity (Wildman–Crippen MR) is 78.1 cm³/mol. The molecule has 18 heavy (non-hydrogen) atoms. The number of hydrogen-bond acceptors (Lipinski definition) is 2. The lowest BCUT2D eigenvalue weighted by Gasteiger charge is -2.33. The normalized spacial score (nSPS) is 17.6. The molecule has 1 aromatic heterocycles. The van der Waals surface area contributed by atoms with E-state index in [2.05, 4.69) is 40.8 Å². The zero-order chi connectivity index (χ0) is 12.8. The second kappa shape index (κ2) is 6.83. The monoisotopic (exact) mass is 249 g/mol. The molecule has 1 saturated heterocycles. The summed E-state index contributed by atoms with van der Waals surface area (Å²) in [7, 11) is 0. The molecule has 1 aromatic rings. The molecule has 2 rings (SSSR count). The molecule has 0 radical (unpaired) electrons. The standard InChI is InChI=1S/C15H27N3/c1-3-17(4-2)11-7-14-8-12-18(13-9-14)15-6-5-10-16-15/h5-6,10,14,16H,3-4,7-9,11-13H2,1-2H3. The number of piperidine rings is 1. The number of aromatic nitrogens is 1. The Balaban J connectivity index is 1.70. The minimum absolute atomic E-state index is 0.928. The minimum Gasteiger partial charge on any atom is -0.358 e. The van der Waals surface area contributed by atoms with Gasteiger partial charge in [-0.3, -0.25) is 0 Å². The van der Waals surface area contributed by atoms with E-state index in [1.165, 1.54) is 57.8 Å². The van der Waals surface area contributed by atoms with Gasteiger partial charge in [-0.1, -0.05) is 13.8 Å². The Labute approximate surface area is 111 Å². The summed E-state index contributed by atoms with van der Waals surface area (Å²) in [5.41, 5.74) is 0. The van der Waals surface area contributed by atoms with Crippen LogP contribution >= 0.6 is 0 Å². The Hall–Kier alpha value is -0.960. The first kappa shape index (κ1) is 13.5. The molecule has 1 aliphatic rings. The van der Waals surface area contributed by atoms with E-state index in [9.17, 15) is 0 Å². The van der Waals surface area contributed by atoms with Gasteiger partial charge >= 0.3 is 0 Å². The van der Waals surface area contributed by atoms with Crippen LogP contribution in [0.25, 0.3) is 0 Å². The molecular formula is C15H27N3. The molecule has 0 saturated carbocycles. The topological polar surface area (TPSA) is 22.3 Å². The van der Waals surface area contributed by atoms with E-state index in [4.69, 9.17) is 0 Å². The number of aromatic amines is 1.